The summed E-state index contributed by atoms with van der Waals surface area (Å²) in [5.41, 5.74) is 6.19. The molecule has 4 rings (SSSR count). The molecule has 5 nitrogen and oxygen atoms in total. The lowest BCUT2D eigenvalue weighted by molar-refractivity contribution is 0.0951. The summed E-state index contributed by atoms with van der Waals surface area (Å²) >= 11 is 1.53. The van der Waals surface area contributed by atoms with Crippen LogP contribution in [0.4, 0.5) is 0 Å². The van der Waals surface area contributed by atoms with Crippen LogP contribution in [0.5, 0.6) is 0 Å². The standard InChI is InChI=1S/C19H14N4OS/c24-19(15-1-2-16-18(10-15)25-12-23-16)22-11-13-3-8-21-17(9-13)14-4-6-20-7-5-14/h1-10,12H,11H2,(H,22,24). The molecule has 0 aliphatic rings. The summed E-state index contributed by atoms with van der Waals surface area (Å²) in [5, 5.41) is 2.96. The molecule has 0 aliphatic carbocycles. The minimum Gasteiger partial charge on any atom is -0.348 e. The number of benzene rings is 1. The summed E-state index contributed by atoms with van der Waals surface area (Å²) in [5.74, 6) is -0.0995. The van der Waals surface area contributed by atoms with E-state index in [1.807, 2.05) is 36.4 Å². The molecule has 0 atom stereocenters. The number of rotatable bonds is 4. The molecule has 122 valence electrons. The molecule has 0 saturated carbocycles. The molecule has 1 aromatic carbocycles. The zero-order chi connectivity index (χ0) is 17.1. The van der Waals surface area contributed by atoms with Gasteiger partial charge < -0.3 is 5.32 Å². The summed E-state index contributed by atoms with van der Waals surface area (Å²) in [6.07, 6.45) is 5.22. The molecular weight excluding hydrogens is 332 g/mol. The van der Waals surface area contributed by atoms with Gasteiger partial charge in [0.15, 0.2) is 0 Å². The van der Waals surface area contributed by atoms with Crippen LogP contribution in [0.3, 0.4) is 0 Å². The number of amides is 1. The number of carbonyl (C=O) groups excluding carboxylic acids is 1. The number of nitrogens with zero attached hydrogens (tertiary/aromatic N) is 3. The third-order valence-electron chi connectivity index (χ3n) is 3.85. The van der Waals surface area contributed by atoms with Crippen LogP contribution in [0.2, 0.25) is 0 Å². The summed E-state index contributed by atoms with van der Waals surface area (Å²) in [6, 6.07) is 13.2. The maximum absolute atomic E-state index is 12.4. The third-order valence-corrected chi connectivity index (χ3v) is 4.64. The lowest BCUT2D eigenvalue weighted by Gasteiger charge is -2.07. The monoisotopic (exact) mass is 346 g/mol. The van der Waals surface area contributed by atoms with Crippen molar-refractivity contribution in [3.8, 4) is 11.3 Å². The summed E-state index contributed by atoms with van der Waals surface area (Å²) < 4.78 is 1.01. The van der Waals surface area contributed by atoms with E-state index in [0.717, 1.165) is 27.0 Å². The molecule has 0 aliphatic heterocycles. The van der Waals surface area contributed by atoms with Gasteiger partial charge in [0.1, 0.15) is 0 Å². The molecule has 0 bridgehead atoms. The number of aromatic nitrogens is 3. The number of hydrogen-bond acceptors (Lipinski definition) is 5. The van der Waals surface area contributed by atoms with Crippen LogP contribution >= 0.6 is 11.3 Å². The van der Waals surface area contributed by atoms with Gasteiger partial charge in [-0.1, -0.05) is 0 Å². The second kappa shape index (κ2) is 6.78. The SMILES string of the molecule is O=C(NCc1ccnc(-c2ccncc2)c1)c1ccc2ncsc2c1. The Morgan fingerprint density at radius 2 is 1.88 bits per heavy atom. The van der Waals surface area contributed by atoms with Crippen molar-refractivity contribution in [1.82, 2.24) is 20.3 Å². The van der Waals surface area contributed by atoms with E-state index < -0.39 is 0 Å². The normalized spacial score (nSPS) is 10.7. The fourth-order valence-corrected chi connectivity index (χ4v) is 3.26. The predicted molar refractivity (Wildman–Crippen MR) is 98.3 cm³/mol. The summed E-state index contributed by atoms with van der Waals surface area (Å²) in [4.78, 5) is 25.0. The Morgan fingerprint density at radius 1 is 1.00 bits per heavy atom. The van der Waals surface area contributed by atoms with Gasteiger partial charge in [-0.3, -0.25) is 14.8 Å². The zero-order valence-corrected chi connectivity index (χ0v) is 14.0. The van der Waals surface area contributed by atoms with Gasteiger partial charge in [0.05, 0.1) is 21.4 Å². The highest BCUT2D eigenvalue weighted by Crippen LogP contribution is 2.19. The topological polar surface area (TPSA) is 67.8 Å². The van der Waals surface area contributed by atoms with E-state index in [2.05, 4.69) is 20.3 Å². The molecule has 0 fully saturated rings. The molecule has 0 saturated heterocycles. The van der Waals surface area contributed by atoms with Crippen molar-refractivity contribution in [1.29, 1.82) is 0 Å². The van der Waals surface area contributed by atoms with Gasteiger partial charge in [-0.25, -0.2) is 4.98 Å². The van der Waals surface area contributed by atoms with Crippen molar-refractivity contribution in [2.45, 2.75) is 6.54 Å². The van der Waals surface area contributed by atoms with E-state index >= 15 is 0 Å². The van der Waals surface area contributed by atoms with Gasteiger partial charge in [-0.15, -0.1) is 11.3 Å². The van der Waals surface area contributed by atoms with Gasteiger partial charge >= 0.3 is 0 Å². The summed E-state index contributed by atoms with van der Waals surface area (Å²) in [6.45, 7) is 0.445. The minimum absolute atomic E-state index is 0.0995. The maximum Gasteiger partial charge on any atom is 0.251 e. The molecule has 3 heterocycles. The van der Waals surface area contributed by atoms with E-state index in [1.165, 1.54) is 11.3 Å². The molecule has 25 heavy (non-hydrogen) atoms. The molecule has 0 radical (unpaired) electrons. The number of hydrogen-bond donors (Lipinski definition) is 1. The molecule has 0 unspecified atom stereocenters. The van der Waals surface area contributed by atoms with Crippen LogP contribution in [0, 0.1) is 0 Å². The Balaban J connectivity index is 1.48. The maximum atomic E-state index is 12.4. The number of pyridine rings is 2. The van der Waals surface area contributed by atoms with Gasteiger partial charge in [0.25, 0.3) is 5.91 Å². The first kappa shape index (κ1) is 15.4. The lowest BCUT2D eigenvalue weighted by Crippen LogP contribution is -2.22. The van der Waals surface area contributed by atoms with Gasteiger partial charge in [-0.05, 0) is 48.0 Å². The number of fused-ring (bicyclic) bond motifs is 1. The van der Waals surface area contributed by atoms with Crippen LogP contribution in [0.15, 0.2) is 66.6 Å². The first-order chi connectivity index (χ1) is 12.3. The third kappa shape index (κ3) is 3.39. The largest absolute Gasteiger partial charge is 0.348 e. The molecule has 1 N–H and O–H groups in total. The fourth-order valence-electron chi connectivity index (χ4n) is 2.55. The molecule has 6 heteroatoms. The second-order valence-corrected chi connectivity index (χ2v) is 6.39. The van der Waals surface area contributed by atoms with Crippen LogP contribution in [0.25, 0.3) is 21.5 Å². The first-order valence-electron chi connectivity index (χ1n) is 7.76. The van der Waals surface area contributed by atoms with Crippen LogP contribution < -0.4 is 5.32 Å². The van der Waals surface area contributed by atoms with Crippen LogP contribution in [-0.2, 0) is 6.54 Å². The molecular formula is C19H14N4OS. The minimum atomic E-state index is -0.0995. The van der Waals surface area contributed by atoms with Crippen molar-refractivity contribution in [3.63, 3.8) is 0 Å². The zero-order valence-electron chi connectivity index (χ0n) is 13.2. The summed E-state index contributed by atoms with van der Waals surface area (Å²) in [7, 11) is 0. The van der Waals surface area contributed by atoms with Crippen LogP contribution in [-0.4, -0.2) is 20.9 Å². The lowest BCUT2D eigenvalue weighted by atomic mass is 10.1. The predicted octanol–water partition coefficient (Wildman–Crippen LogP) is 3.68. The van der Waals surface area contributed by atoms with Crippen molar-refractivity contribution >= 4 is 27.5 Å². The molecule has 1 amide bonds. The van der Waals surface area contributed by atoms with Crippen molar-refractivity contribution < 1.29 is 4.79 Å². The average Bonchev–Trinajstić information content (AvgIpc) is 3.15. The Labute approximate surface area is 148 Å². The highest BCUT2D eigenvalue weighted by molar-refractivity contribution is 7.16. The Hall–Kier alpha value is -3.12. The molecule has 0 spiro atoms. The highest BCUT2D eigenvalue weighted by Gasteiger charge is 2.08. The highest BCUT2D eigenvalue weighted by atomic mass is 32.1. The van der Waals surface area contributed by atoms with E-state index in [9.17, 15) is 4.79 Å². The average molecular weight is 346 g/mol. The molecule has 4 aromatic rings. The van der Waals surface area contributed by atoms with Crippen molar-refractivity contribution in [2.24, 2.45) is 0 Å². The van der Waals surface area contributed by atoms with Crippen molar-refractivity contribution in [3.05, 3.63) is 77.7 Å². The fraction of sp³-hybridized carbons (Fsp3) is 0.0526. The van der Waals surface area contributed by atoms with Gasteiger partial charge in [0, 0.05) is 36.3 Å². The number of carbonyl (C=O) groups is 1. The smallest absolute Gasteiger partial charge is 0.251 e. The van der Waals surface area contributed by atoms with Gasteiger partial charge in [-0.2, -0.15) is 0 Å². The number of nitrogens with one attached hydrogen (secondary N) is 1. The van der Waals surface area contributed by atoms with E-state index in [0.29, 0.717) is 12.1 Å². The Bertz CT molecular complexity index is 1030. The molecule has 3 aromatic heterocycles. The van der Waals surface area contributed by atoms with E-state index in [4.69, 9.17) is 0 Å². The van der Waals surface area contributed by atoms with Crippen LogP contribution in [0.1, 0.15) is 15.9 Å². The van der Waals surface area contributed by atoms with Crippen molar-refractivity contribution in [2.75, 3.05) is 0 Å². The van der Waals surface area contributed by atoms with E-state index in [-0.39, 0.29) is 5.91 Å². The van der Waals surface area contributed by atoms with E-state index in [1.54, 1.807) is 30.2 Å². The number of thiazole rings is 1. The first-order valence-corrected chi connectivity index (χ1v) is 8.64. The quantitative estimate of drug-likeness (QED) is 0.612. The van der Waals surface area contributed by atoms with Gasteiger partial charge in [0.2, 0.25) is 0 Å². The Morgan fingerprint density at radius 3 is 2.76 bits per heavy atom. The Kier molecular flexibility index (Phi) is 4.18. The second-order valence-electron chi connectivity index (χ2n) is 5.50.